The highest BCUT2D eigenvalue weighted by Gasteiger charge is 2.18. The van der Waals surface area contributed by atoms with E-state index in [1.54, 1.807) is 19.3 Å². The van der Waals surface area contributed by atoms with E-state index in [0.29, 0.717) is 34.0 Å². The Labute approximate surface area is 178 Å². The summed E-state index contributed by atoms with van der Waals surface area (Å²) in [5, 5.41) is 12.5. The Balaban J connectivity index is 1.76. The molecule has 29 heavy (non-hydrogen) atoms. The second-order valence-corrected chi connectivity index (χ2v) is 7.58. The molecule has 0 fully saturated rings. The number of methoxy groups -OCH3 is 1. The zero-order valence-electron chi connectivity index (χ0n) is 16.2. The second-order valence-electron chi connectivity index (χ2n) is 6.23. The van der Waals surface area contributed by atoms with E-state index in [0.717, 1.165) is 11.1 Å². The number of nitrogens with one attached hydrogen (secondary N) is 1. The van der Waals surface area contributed by atoms with Crippen LogP contribution in [0.15, 0.2) is 60.3 Å². The maximum Gasteiger partial charge on any atom is 0.234 e. The van der Waals surface area contributed by atoms with E-state index in [2.05, 4.69) is 22.1 Å². The predicted octanol–water partition coefficient (Wildman–Crippen LogP) is 4.83. The summed E-state index contributed by atoms with van der Waals surface area (Å²) >= 11 is 7.48. The molecule has 3 aromatic rings. The van der Waals surface area contributed by atoms with Crippen LogP contribution in [0.2, 0.25) is 5.02 Å². The number of rotatable bonds is 8. The van der Waals surface area contributed by atoms with Crippen molar-refractivity contribution in [3.05, 3.63) is 65.7 Å². The van der Waals surface area contributed by atoms with Crippen molar-refractivity contribution < 1.29 is 9.53 Å². The molecular weight excluding hydrogens is 408 g/mol. The first-order valence-corrected chi connectivity index (χ1v) is 10.3. The van der Waals surface area contributed by atoms with Crippen molar-refractivity contribution in [3.8, 4) is 17.1 Å². The van der Waals surface area contributed by atoms with Crippen molar-refractivity contribution in [2.45, 2.75) is 18.6 Å². The molecule has 6 nitrogen and oxygen atoms in total. The van der Waals surface area contributed by atoms with E-state index in [-0.39, 0.29) is 11.7 Å². The normalized spacial score (nSPS) is 10.6. The number of aromatic nitrogens is 3. The van der Waals surface area contributed by atoms with Gasteiger partial charge in [0.2, 0.25) is 5.91 Å². The summed E-state index contributed by atoms with van der Waals surface area (Å²) < 4.78 is 7.34. The molecule has 1 aromatic heterocycles. The Morgan fingerprint density at radius 2 is 2.10 bits per heavy atom. The van der Waals surface area contributed by atoms with Crippen LogP contribution in [0.3, 0.4) is 0 Å². The Kier molecular flexibility index (Phi) is 6.95. The van der Waals surface area contributed by atoms with Gasteiger partial charge in [0.15, 0.2) is 11.0 Å². The summed E-state index contributed by atoms with van der Waals surface area (Å²) in [7, 11) is 1.61. The van der Waals surface area contributed by atoms with E-state index >= 15 is 0 Å². The highest BCUT2D eigenvalue weighted by molar-refractivity contribution is 7.99. The van der Waals surface area contributed by atoms with E-state index in [9.17, 15) is 4.79 Å². The monoisotopic (exact) mass is 428 g/mol. The van der Waals surface area contributed by atoms with E-state index in [1.807, 2.05) is 47.9 Å². The zero-order chi connectivity index (χ0) is 20.8. The number of halogens is 1. The number of carbonyl (C=O) groups excluding carboxylic acids is 1. The fraction of sp³-hybridized carbons (Fsp3) is 0.190. The first kappa shape index (κ1) is 21.0. The molecule has 0 aliphatic heterocycles. The number of thioether (sulfide) groups is 1. The maximum absolute atomic E-state index is 12.4. The molecule has 0 bridgehead atoms. The summed E-state index contributed by atoms with van der Waals surface area (Å²) in [5.41, 5.74) is 2.45. The van der Waals surface area contributed by atoms with Crippen molar-refractivity contribution in [3.63, 3.8) is 0 Å². The number of hydrogen-bond acceptors (Lipinski definition) is 5. The molecule has 3 rings (SSSR count). The van der Waals surface area contributed by atoms with E-state index < -0.39 is 0 Å². The van der Waals surface area contributed by atoms with Gasteiger partial charge in [-0.1, -0.05) is 47.6 Å². The van der Waals surface area contributed by atoms with Crippen molar-refractivity contribution >= 4 is 35.0 Å². The third-order valence-electron chi connectivity index (χ3n) is 4.11. The van der Waals surface area contributed by atoms with Crippen LogP contribution in [0.5, 0.6) is 5.75 Å². The summed E-state index contributed by atoms with van der Waals surface area (Å²) in [6.45, 7) is 6.26. The quantitative estimate of drug-likeness (QED) is 0.411. The fourth-order valence-electron chi connectivity index (χ4n) is 2.76. The van der Waals surface area contributed by atoms with Gasteiger partial charge >= 0.3 is 0 Å². The molecular formula is C21H21ClN4O2S. The molecule has 0 saturated carbocycles. The average Bonchev–Trinajstić information content (AvgIpc) is 3.11. The Morgan fingerprint density at radius 3 is 2.83 bits per heavy atom. The topological polar surface area (TPSA) is 69.0 Å². The smallest absolute Gasteiger partial charge is 0.234 e. The lowest BCUT2D eigenvalue weighted by atomic mass is 10.2. The molecule has 0 unspecified atom stereocenters. The molecule has 0 aliphatic rings. The minimum Gasteiger partial charge on any atom is -0.496 e. The highest BCUT2D eigenvalue weighted by atomic mass is 35.5. The van der Waals surface area contributed by atoms with Crippen LogP contribution in [-0.4, -0.2) is 33.5 Å². The molecule has 0 spiro atoms. The molecule has 0 atom stereocenters. The predicted molar refractivity (Wildman–Crippen MR) is 118 cm³/mol. The third kappa shape index (κ3) is 4.99. The van der Waals surface area contributed by atoms with Gasteiger partial charge in [0.25, 0.3) is 0 Å². The molecule has 0 saturated heterocycles. The molecule has 1 heterocycles. The average molecular weight is 429 g/mol. The van der Waals surface area contributed by atoms with Gasteiger partial charge in [-0.3, -0.25) is 9.36 Å². The van der Waals surface area contributed by atoms with Gasteiger partial charge in [-0.2, -0.15) is 0 Å². The second kappa shape index (κ2) is 9.62. The lowest BCUT2D eigenvalue weighted by Crippen LogP contribution is -2.15. The maximum atomic E-state index is 12.4. The molecule has 150 valence electrons. The number of nitrogens with zero attached hydrogens (tertiary/aromatic N) is 3. The number of carbonyl (C=O) groups is 1. The number of anilines is 1. The van der Waals surface area contributed by atoms with Crippen molar-refractivity contribution in [2.75, 3.05) is 18.2 Å². The number of para-hydroxylation sites is 1. The summed E-state index contributed by atoms with van der Waals surface area (Å²) in [6.07, 6.45) is 1.76. The lowest BCUT2D eigenvalue weighted by Gasteiger charge is -2.11. The van der Waals surface area contributed by atoms with E-state index in [1.165, 1.54) is 11.8 Å². The van der Waals surface area contributed by atoms with Gasteiger partial charge in [-0.05, 0) is 36.8 Å². The van der Waals surface area contributed by atoms with Crippen LogP contribution in [0.4, 0.5) is 5.69 Å². The van der Waals surface area contributed by atoms with Gasteiger partial charge in [-0.15, -0.1) is 16.8 Å². The molecule has 2 aromatic carbocycles. The van der Waals surface area contributed by atoms with Gasteiger partial charge < -0.3 is 10.1 Å². The first-order chi connectivity index (χ1) is 14.0. The number of hydrogen-bond donors (Lipinski definition) is 1. The van der Waals surface area contributed by atoms with Gasteiger partial charge in [0.05, 0.1) is 29.1 Å². The minimum absolute atomic E-state index is 0.172. The van der Waals surface area contributed by atoms with Crippen molar-refractivity contribution in [1.29, 1.82) is 0 Å². The Morgan fingerprint density at radius 1 is 1.31 bits per heavy atom. The summed E-state index contributed by atoms with van der Waals surface area (Å²) in [4.78, 5) is 12.4. The van der Waals surface area contributed by atoms with Gasteiger partial charge in [0, 0.05) is 6.54 Å². The molecule has 1 N–H and O–H groups in total. The number of amides is 1. The van der Waals surface area contributed by atoms with Crippen LogP contribution in [-0.2, 0) is 11.3 Å². The van der Waals surface area contributed by atoms with Gasteiger partial charge in [-0.25, -0.2) is 0 Å². The van der Waals surface area contributed by atoms with Crippen molar-refractivity contribution in [1.82, 2.24) is 14.8 Å². The minimum atomic E-state index is -0.173. The Hall–Kier alpha value is -2.77. The van der Waals surface area contributed by atoms with E-state index in [4.69, 9.17) is 16.3 Å². The summed E-state index contributed by atoms with van der Waals surface area (Å²) in [6, 6.07) is 13.1. The van der Waals surface area contributed by atoms with Crippen LogP contribution < -0.4 is 10.1 Å². The highest BCUT2D eigenvalue weighted by Crippen LogP contribution is 2.31. The van der Waals surface area contributed by atoms with Crippen LogP contribution in [0.25, 0.3) is 11.4 Å². The first-order valence-electron chi connectivity index (χ1n) is 8.89. The van der Waals surface area contributed by atoms with Crippen LogP contribution >= 0.6 is 23.4 Å². The summed E-state index contributed by atoms with van der Waals surface area (Å²) in [5.74, 6) is 1.36. The lowest BCUT2D eigenvalue weighted by molar-refractivity contribution is -0.113. The molecule has 1 amide bonds. The number of aryl methyl sites for hydroxylation is 1. The largest absolute Gasteiger partial charge is 0.496 e. The number of benzene rings is 2. The standard InChI is InChI=1S/C21H21ClN4O2S/c1-4-11-26-20(15-7-5-6-8-18(15)28-3)24-25-21(26)29-13-19(27)23-17-10-9-14(2)12-16(17)22/h4-10,12H,1,11,13H2,2-3H3,(H,23,27). The molecule has 0 radical (unpaired) electrons. The van der Waals surface area contributed by atoms with Crippen LogP contribution in [0.1, 0.15) is 5.56 Å². The van der Waals surface area contributed by atoms with Gasteiger partial charge in [0.1, 0.15) is 5.75 Å². The zero-order valence-corrected chi connectivity index (χ0v) is 17.8. The number of ether oxygens (including phenoxy) is 1. The SMILES string of the molecule is C=CCn1c(SCC(=O)Nc2ccc(C)cc2Cl)nnc1-c1ccccc1OC. The Bertz CT molecular complexity index is 1040. The fourth-order valence-corrected chi connectivity index (χ4v) is 3.79. The van der Waals surface area contributed by atoms with Crippen LogP contribution in [0, 0.1) is 6.92 Å². The van der Waals surface area contributed by atoms with Crippen molar-refractivity contribution in [2.24, 2.45) is 0 Å². The third-order valence-corrected chi connectivity index (χ3v) is 5.39. The molecule has 0 aliphatic carbocycles. The number of allylic oxidation sites excluding steroid dienone is 1. The molecule has 8 heteroatoms.